The number of ether oxygens (including phenoxy) is 2. The molecule has 1 fully saturated rings. The molecule has 51 heavy (non-hydrogen) atoms. The molecule has 0 bridgehead atoms. The monoisotopic (exact) mass is 724 g/mol. The molecule has 1 amide bonds. The molecule has 272 valence electrons. The van der Waals surface area contributed by atoms with E-state index in [1.54, 1.807) is 26.8 Å². The second-order valence-corrected chi connectivity index (χ2v) is 15.9. The molecule has 2 N–H and O–H groups in total. The molecule has 6 rings (SSSR count). The predicted octanol–water partition coefficient (Wildman–Crippen LogP) is 8.33. The third-order valence-electron chi connectivity index (χ3n) is 9.62. The number of nitrogens with zero attached hydrogens (tertiary/aromatic N) is 3. The van der Waals surface area contributed by atoms with E-state index >= 15 is 4.39 Å². The number of halogens is 2. The Morgan fingerprint density at radius 3 is 2.35 bits per heavy atom. The molecule has 14 heteroatoms. The zero-order valence-electron chi connectivity index (χ0n) is 29.0. The third-order valence-corrected chi connectivity index (χ3v) is 10.6. The first-order chi connectivity index (χ1) is 24.1. The van der Waals surface area contributed by atoms with E-state index in [1.165, 1.54) is 17.0 Å². The SMILES string of the molecule is CC(C)(C)OC(=O)N1CC=C(c2cc(Oc3ccc(F)cc3F)c(-c3c4c(nc(C5CCCCC5)c3S(N)(=O)=O)CCCC4)cc2[N+](=O)[O-])CC1. The highest BCUT2D eigenvalue weighted by Crippen LogP contribution is 2.49. The topological polar surface area (TPSA) is 155 Å². The van der Waals surface area contributed by atoms with Gasteiger partial charge >= 0.3 is 6.09 Å². The van der Waals surface area contributed by atoms with Crippen molar-refractivity contribution in [3.05, 3.63) is 80.7 Å². The number of rotatable bonds is 7. The fraction of sp³-hybridized carbons (Fsp3) is 0.459. The standard InChI is InChI=1S/C37H42F2N4O7S/c1-37(2,3)50-36(44)42-17-15-22(16-18-42)26-21-32(49-31-14-13-24(38)19-28(31)39)27(20-30(26)43(45)46)33-25-11-7-8-12-29(25)41-34(35(33)51(40,47)48)23-9-5-4-6-10-23/h13-15,19-21,23H,4-12,16-18H2,1-3H3,(H2,40,47,48). The van der Waals surface area contributed by atoms with Crippen LogP contribution in [0, 0.1) is 21.7 Å². The molecular formula is C37H42F2N4O7S. The van der Waals surface area contributed by atoms with Crippen LogP contribution in [0.25, 0.3) is 16.7 Å². The summed E-state index contributed by atoms with van der Waals surface area (Å²) < 4.78 is 68.0. The van der Waals surface area contributed by atoms with Crippen LogP contribution >= 0.6 is 0 Å². The molecule has 3 aromatic rings. The van der Waals surface area contributed by atoms with Crippen LogP contribution in [0.15, 0.2) is 41.3 Å². The Bertz CT molecular complexity index is 2020. The van der Waals surface area contributed by atoms with Crippen molar-refractivity contribution in [2.45, 2.75) is 101 Å². The number of aromatic nitrogens is 1. The Labute approximate surface area is 296 Å². The van der Waals surface area contributed by atoms with Gasteiger partial charge in [0, 0.05) is 48.0 Å². The summed E-state index contributed by atoms with van der Waals surface area (Å²) in [6.45, 7) is 5.59. The van der Waals surface area contributed by atoms with Gasteiger partial charge in [-0.15, -0.1) is 0 Å². The summed E-state index contributed by atoms with van der Waals surface area (Å²) in [6.07, 6.45) is 8.18. The first kappa shape index (κ1) is 36.4. The van der Waals surface area contributed by atoms with Crippen LogP contribution < -0.4 is 9.88 Å². The van der Waals surface area contributed by atoms with Crippen molar-refractivity contribution < 1.29 is 36.4 Å². The maximum absolute atomic E-state index is 15.2. The lowest BCUT2D eigenvalue weighted by Crippen LogP contribution is -2.39. The van der Waals surface area contributed by atoms with E-state index in [1.807, 2.05) is 0 Å². The van der Waals surface area contributed by atoms with E-state index in [2.05, 4.69) is 0 Å². The molecule has 11 nitrogen and oxygen atoms in total. The van der Waals surface area contributed by atoms with Gasteiger partial charge in [0.2, 0.25) is 10.0 Å². The number of nitrogens with two attached hydrogens (primary N) is 1. The van der Waals surface area contributed by atoms with Crippen molar-refractivity contribution >= 4 is 27.4 Å². The van der Waals surface area contributed by atoms with E-state index < -0.39 is 38.3 Å². The molecule has 1 aliphatic heterocycles. The Morgan fingerprint density at radius 1 is 1.00 bits per heavy atom. The van der Waals surface area contributed by atoms with Gasteiger partial charge < -0.3 is 14.4 Å². The maximum Gasteiger partial charge on any atom is 0.410 e. The number of benzene rings is 2. The summed E-state index contributed by atoms with van der Waals surface area (Å²) in [7, 11) is -4.46. The largest absolute Gasteiger partial charge is 0.454 e. The molecule has 2 aliphatic carbocycles. The molecular weight excluding hydrogens is 682 g/mol. The number of hydrogen-bond acceptors (Lipinski definition) is 8. The van der Waals surface area contributed by atoms with Crippen molar-refractivity contribution in [1.29, 1.82) is 0 Å². The maximum atomic E-state index is 15.2. The number of amides is 1. The van der Waals surface area contributed by atoms with Gasteiger partial charge in [0.05, 0.1) is 16.2 Å². The quantitative estimate of drug-likeness (QED) is 0.188. The van der Waals surface area contributed by atoms with Crippen molar-refractivity contribution in [3.8, 4) is 22.6 Å². The first-order valence-corrected chi connectivity index (χ1v) is 18.9. The number of carbonyl (C=O) groups is 1. The van der Waals surface area contributed by atoms with E-state index in [9.17, 15) is 27.7 Å². The van der Waals surface area contributed by atoms with Crippen LogP contribution in [-0.4, -0.2) is 48.0 Å². The van der Waals surface area contributed by atoms with E-state index in [0.29, 0.717) is 54.3 Å². The normalized spacial score (nSPS) is 17.1. The van der Waals surface area contributed by atoms with Crippen LogP contribution in [0.1, 0.15) is 101 Å². The highest BCUT2D eigenvalue weighted by atomic mass is 32.2. The van der Waals surface area contributed by atoms with Gasteiger partial charge in [0.15, 0.2) is 11.6 Å². The number of nitro benzene ring substituents is 1. The summed E-state index contributed by atoms with van der Waals surface area (Å²) in [5.41, 5.74) is 1.49. The number of fused-ring (bicyclic) bond motifs is 1. The number of hydrogen-bond donors (Lipinski definition) is 1. The van der Waals surface area contributed by atoms with Gasteiger partial charge in [0.25, 0.3) is 5.69 Å². The summed E-state index contributed by atoms with van der Waals surface area (Å²) in [6, 6.07) is 5.43. The molecule has 0 spiro atoms. The molecule has 1 aromatic heterocycles. The Balaban J connectivity index is 1.60. The summed E-state index contributed by atoms with van der Waals surface area (Å²) in [5.74, 6) is -2.47. The highest BCUT2D eigenvalue weighted by Gasteiger charge is 2.36. The molecule has 3 aliphatic rings. The number of sulfonamides is 1. The Kier molecular flexibility index (Phi) is 10.2. The highest BCUT2D eigenvalue weighted by molar-refractivity contribution is 7.89. The van der Waals surface area contributed by atoms with E-state index in [0.717, 1.165) is 44.2 Å². The predicted molar refractivity (Wildman–Crippen MR) is 187 cm³/mol. The van der Waals surface area contributed by atoms with Crippen molar-refractivity contribution in [3.63, 3.8) is 0 Å². The minimum atomic E-state index is -4.46. The molecule has 0 unspecified atom stereocenters. The average molecular weight is 725 g/mol. The van der Waals surface area contributed by atoms with Crippen LogP contribution in [0.3, 0.4) is 0 Å². The van der Waals surface area contributed by atoms with Gasteiger partial charge in [-0.1, -0.05) is 25.3 Å². The molecule has 0 radical (unpaired) electrons. The summed E-state index contributed by atoms with van der Waals surface area (Å²) >= 11 is 0. The Hall–Kier alpha value is -4.43. The van der Waals surface area contributed by atoms with Crippen molar-refractivity contribution in [2.24, 2.45) is 5.14 Å². The van der Waals surface area contributed by atoms with Gasteiger partial charge in [-0.05, 0) is 95.1 Å². The lowest BCUT2D eigenvalue weighted by molar-refractivity contribution is -0.385. The number of carbonyl (C=O) groups excluding carboxylic acids is 1. The fourth-order valence-corrected chi connectivity index (χ4v) is 8.33. The van der Waals surface area contributed by atoms with Crippen LogP contribution in [0.2, 0.25) is 0 Å². The lowest BCUT2D eigenvalue weighted by Gasteiger charge is -2.30. The minimum absolute atomic E-state index is 0.0441. The van der Waals surface area contributed by atoms with Gasteiger partial charge in [-0.3, -0.25) is 15.1 Å². The minimum Gasteiger partial charge on any atom is -0.454 e. The van der Waals surface area contributed by atoms with E-state index in [4.69, 9.17) is 19.6 Å². The molecule has 0 saturated heterocycles. The number of aryl methyl sites for hydroxylation is 1. The second kappa shape index (κ2) is 14.3. The zero-order chi connectivity index (χ0) is 36.7. The third kappa shape index (κ3) is 7.91. The van der Waals surface area contributed by atoms with E-state index in [-0.39, 0.29) is 64.2 Å². The molecule has 2 aromatic carbocycles. The van der Waals surface area contributed by atoms with Crippen molar-refractivity contribution in [2.75, 3.05) is 13.1 Å². The molecule has 0 atom stereocenters. The lowest BCUT2D eigenvalue weighted by atomic mass is 9.82. The number of primary sulfonamides is 1. The smallest absolute Gasteiger partial charge is 0.410 e. The van der Waals surface area contributed by atoms with Gasteiger partial charge in [-0.2, -0.15) is 0 Å². The van der Waals surface area contributed by atoms with Gasteiger partial charge in [-0.25, -0.2) is 27.1 Å². The average Bonchev–Trinajstić information content (AvgIpc) is 3.07. The molecule has 2 heterocycles. The fourth-order valence-electron chi connectivity index (χ4n) is 7.31. The zero-order valence-corrected chi connectivity index (χ0v) is 29.8. The Morgan fingerprint density at radius 2 is 1.73 bits per heavy atom. The summed E-state index contributed by atoms with van der Waals surface area (Å²) in [4.78, 5) is 31.2. The van der Waals surface area contributed by atoms with Crippen LogP contribution in [-0.2, 0) is 27.6 Å². The number of pyridine rings is 1. The van der Waals surface area contributed by atoms with Crippen LogP contribution in [0.5, 0.6) is 11.5 Å². The second-order valence-electron chi connectivity index (χ2n) is 14.4. The first-order valence-electron chi connectivity index (χ1n) is 17.3. The summed E-state index contributed by atoms with van der Waals surface area (Å²) in [5, 5.41) is 18.8. The van der Waals surface area contributed by atoms with Crippen LogP contribution in [0.4, 0.5) is 19.3 Å². The molecule has 1 saturated carbocycles. The van der Waals surface area contributed by atoms with Crippen molar-refractivity contribution in [1.82, 2.24) is 9.88 Å². The van der Waals surface area contributed by atoms with Gasteiger partial charge in [0.1, 0.15) is 22.1 Å². The number of nitro groups is 1.